The van der Waals surface area contributed by atoms with Gasteiger partial charge in [-0.2, -0.15) is 0 Å². The number of nitrogens with one attached hydrogen (secondary N) is 2. The summed E-state index contributed by atoms with van der Waals surface area (Å²) in [6, 6.07) is 17.7. The molecule has 0 aliphatic rings. The predicted octanol–water partition coefficient (Wildman–Crippen LogP) is 4.06. The van der Waals surface area contributed by atoms with Gasteiger partial charge < -0.3 is 0 Å². The van der Waals surface area contributed by atoms with E-state index >= 15 is 0 Å². The van der Waals surface area contributed by atoms with Crippen LogP contribution in [0.5, 0.6) is 0 Å². The zero-order valence-electron chi connectivity index (χ0n) is 26.3. The van der Waals surface area contributed by atoms with Crippen LogP contribution in [0.3, 0.4) is 0 Å². The quantitative estimate of drug-likeness (QED) is 0.226. The third-order valence-corrected chi connectivity index (χ3v) is 14.0. The fraction of sp³-hybridized carbons (Fsp3) is 0.533. The molecule has 10 nitrogen and oxygen atoms in total. The average molecular weight is 703 g/mol. The molecule has 0 amide bonds. The Labute approximate surface area is 261 Å². The third-order valence-electron chi connectivity index (χ3n) is 6.73. The fourth-order valence-corrected chi connectivity index (χ4v) is 10.4. The van der Waals surface area contributed by atoms with E-state index in [1.807, 2.05) is 9.36 Å². The van der Waals surface area contributed by atoms with Crippen molar-refractivity contribution in [1.29, 1.82) is 0 Å². The summed E-state index contributed by atoms with van der Waals surface area (Å²) in [5, 5.41) is 32.5. The van der Waals surface area contributed by atoms with E-state index < -0.39 is 0 Å². The number of hydrogen-bond donors (Lipinski definition) is 2. The number of tetrazole rings is 2. The van der Waals surface area contributed by atoms with E-state index in [1.54, 1.807) is 0 Å². The molecule has 0 radical (unpaired) electrons. The monoisotopic (exact) mass is 704 g/mol. The summed E-state index contributed by atoms with van der Waals surface area (Å²) in [5.74, 6) is 2.37. The molecule has 0 spiro atoms. The van der Waals surface area contributed by atoms with E-state index in [-0.39, 0.29) is 23.2 Å². The first-order chi connectivity index (χ1) is 19.7. The molecule has 2 atom stereocenters. The van der Waals surface area contributed by atoms with Crippen LogP contribution < -0.4 is 19.6 Å². The molecule has 0 fully saturated rings. The van der Waals surface area contributed by atoms with Crippen LogP contribution in [0.15, 0.2) is 48.5 Å². The molecule has 4 rings (SSSR count). The van der Waals surface area contributed by atoms with Crippen molar-refractivity contribution in [3.63, 3.8) is 0 Å². The van der Waals surface area contributed by atoms with Gasteiger partial charge in [-0.25, -0.2) is 0 Å². The van der Waals surface area contributed by atoms with Gasteiger partial charge in [-0.15, -0.1) is 0 Å². The van der Waals surface area contributed by atoms with Crippen LogP contribution in [0, 0.1) is 11.8 Å². The van der Waals surface area contributed by atoms with Gasteiger partial charge in [0.25, 0.3) is 0 Å². The topological polar surface area (TPSA) is 111 Å². The van der Waals surface area contributed by atoms with Gasteiger partial charge in [0.05, 0.1) is 0 Å². The van der Waals surface area contributed by atoms with Crippen LogP contribution in [-0.4, -0.2) is 66.7 Å². The standard InChI is InChI=1S/C30H44N10Se2/c1-19(2)25(27-33-35-37-39(27)29(5,6)7)31-21-11-15-23(16-12-21)41-42-24-17-13-22(14-18-24)32-26(20(3)4)28-34-36-38-40(28)30(8,9)10/h11-20,25-26,31-32H,1-10H3. The normalized spacial score (nSPS) is 13.9. The van der Waals surface area contributed by atoms with Gasteiger partial charge in [0.15, 0.2) is 0 Å². The number of anilines is 2. The van der Waals surface area contributed by atoms with Crippen molar-refractivity contribution in [3.05, 3.63) is 60.2 Å². The third kappa shape index (κ3) is 7.98. The number of benzene rings is 2. The van der Waals surface area contributed by atoms with Crippen molar-refractivity contribution in [2.24, 2.45) is 11.8 Å². The summed E-state index contributed by atoms with van der Waals surface area (Å²) in [4.78, 5) is 0. The summed E-state index contributed by atoms with van der Waals surface area (Å²) in [7, 11) is 0. The zero-order valence-corrected chi connectivity index (χ0v) is 29.7. The maximum absolute atomic E-state index is 4.37. The van der Waals surface area contributed by atoms with Crippen molar-refractivity contribution < 1.29 is 0 Å². The second kappa shape index (κ2) is 13.2. The van der Waals surface area contributed by atoms with Crippen molar-refractivity contribution in [2.45, 2.75) is 92.4 Å². The Morgan fingerprint density at radius 3 is 1.19 bits per heavy atom. The summed E-state index contributed by atoms with van der Waals surface area (Å²) >= 11 is 0.785. The van der Waals surface area contributed by atoms with E-state index in [2.05, 4.69) is 159 Å². The molecule has 0 saturated heterocycles. The molecule has 0 aliphatic heterocycles. The Morgan fingerprint density at radius 2 is 0.905 bits per heavy atom. The van der Waals surface area contributed by atoms with Crippen molar-refractivity contribution in [2.75, 3.05) is 10.6 Å². The Bertz CT molecular complexity index is 1300. The Hall–Kier alpha value is -2.78. The Balaban J connectivity index is 1.37. The molecule has 0 bridgehead atoms. The van der Waals surface area contributed by atoms with Crippen LogP contribution in [0.2, 0.25) is 0 Å². The minimum atomic E-state index is -0.183. The number of hydrogen-bond acceptors (Lipinski definition) is 8. The summed E-state index contributed by atoms with van der Waals surface area (Å²) < 4.78 is 6.63. The summed E-state index contributed by atoms with van der Waals surface area (Å²) in [6.07, 6.45) is 0. The van der Waals surface area contributed by atoms with Crippen molar-refractivity contribution in [3.8, 4) is 0 Å². The molecule has 42 heavy (non-hydrogen) atoms. The van der Waals surface area contributed by atoms with Crippen molar-refractivity contribution in [1.82, 2.24) is 40.4 Å². The molecule has 2 heterocycles. The predicted molar refractivity (Wildman–Crippen MR) is 172 cm³/mol. The molecular formula is C30H44N10Se2. The minimum absolute atomic E-state index is 0.0169. The van der Waals surface area contributed by atoms with Crippen LogP contribution in [0.25, 0.3) is 0 Å². The Morgan fingerprint density at radius 1 is 0.571 bits per heavy atom. The first-order valence-corrected chi connectivity index (χ1v) is 20.4. The van der Waals surface area contributed by atoms with E-state index in [4.69, 9.17) is 0 Å². The number of nitrogens with zero attached hydrogens (tertiary/aromatic N) is 8. The van der Waals surface area contributed by atoms with E-state index in [0.29, 0.717) is 38.1 Å². The zero-order chi connectivity index (χ0) is 30.7. The number of rotatable bonds is 11. The van der Waals surface area contributed by atoms with Crippen molar-refractivity contribution >= 4 is 46.6 Å². The molecule has 4 aromatic rings. The first kappa shape index (κ1) is 32.1. The van der Waals surface area contributed by atoms with Crippen LogP contribution in [0.1, 0.15) is 93.0 Å². The molecule has 2 unspecified atom stereocenters. The second-order valence-electron chi connectivity index (χ2n) is 13.2. The molecule has 2 aromatic carbocycles. The molecular weight excluding hydrogens is 658 g/mol. The average Bonchev–Trinajstić information content (AvgIpc) is 3.60. The fourth-order valence-electron chi connectivity index (χ4n) is 4.46. The van der Waals surface area contributed by atoms with Crippen LogP contribution >= 0.6 is 0 Å². The van der Waals surface area contributed by atoms with Crippen LogP contribution in [-0.2, 0) is 11.1 Å². The van der Waals surface area contributed by atoms with Gasteiger partial charge in [0.1, 0.15) is 0 Å². The summed E-state index contributed by atoms with van der Waals surface area (Å²) in [6.45, 7) is 21.5. The van der Waals surface area contributed by atoms with E-state index in [1.165, 1.54) is 8.92 Å². The van der Waals surface area contributed by atoms with Crippen LogP contribution in [0.4, 0.5) is 11.4 Å². The second-order valence-corrected chi connectivity index (χ2v) is 19.5. The van der Waals surface area contributed by atoms with Gasteiger partial charge in [0.2, 0.25) is 0 Å². The SMILES string of the molecule is CC(C)C(Nc1ccc([Se][Se]c2ccc(NC(c3nnnn3C(C)(C)C)C(C)C)cc2)cc1)c1nnnn1C(C)(C)C. The molecule has 12 heteroatoms. The van der Waals surface area contributed by atoms with Gasteiger partial charge in [-0.1, -0.05) is 0 Å². The Kier molecular flexibility index (Phi) is 10.1. The molecule has 0 saturated carbocycles. The maximum atomic E-state index is 4.37. The van der Waals surface area contributed by atoms with Gasteiger partial charge in [-0.3, -0.25) is 0 Å². The van der Waals surface area contributed by atoms with E-state index in [9.17, 15) is 0 Å². The first-order valence-electron chi connectivity index (χ1n) is 14.4. The van der Waals surface area contributed by atoms with Gasteiger partial charge in [-0.05, 0) is 0 Å². The number of aromatic nitrogens is 8. The van der Waals surface area contributed by atoms with Gasteiger partial charge >= 0.3 is 262 Å². The molecule has 2 N–H and O–H groups in total. The van der Waals surface area contributed by atoms with E-state index in [0.717, 1.165) is 23.0 Å². The molecule has 2 aromatic heterocycles. The van der Waals surface area contributed by atoms with Gasteiger partial charge in [0, 0.05) is 0 Å². The molecule has 226 valence electrons. The summed E-state index contributed by atoms with van der Waals surface area (Å²) in [5.41, 5.74) is 1.79. The molecule has 0 aliphatic carbocycles.